The van der Waals surface area contributed by atoms with Crippen molar-refractivity contribution in [2.24, 2.45) is 23.7 Å². The normalized spacial score (nSPS) is 50.7. The molecule has 2 bridgehead atoms. The number of nitrogens with one attached hydrogen (secondary N) is 1. The van der Waals surface area contributed by atoms with E-state index in [2.05, 4.69) is 6.92 Å². The van der Waals surface area contributed by atoms with E-state index in [4.69, 9.17) is 64.2 Å². The largest absolute Gasteiger partial charge is 0.448 e. The Kier molecular flexibility index (Phi) is 4.76. The van der Waals surface area contributed by atoms with E-state index in [0.717, 1.165) is 25.7 Å². The summed E-state index contributed by atoms with van der Waals surface area (Å²) in [5.41, 5.74) is -0.672. The van der Waals surface area contributed by atoms with Crippen LogP contribution in [0.2, 0.25) is 0 Å². The Balaban J connectivity index is 1.67. The highest BCUT2D eigenvalue weighted by atomic mass is 35.6. The first kappa shape index (κ1) is 19.5. The number of rotatable bonds is 1. The van der Waals surface area contributed by atoms with Crippen molar-refractivity contribution in [3.8, 4) is 0 Å². The highest BCUT2D eigenvalue weighted by molar-refractivity contribution is 6.76. The van der Waals surface area contributed by atoms with Gasteiger partial charge < -0.3 is 14.2 Å². The van der Waals surface area contributed by atoms with Crippen LogP contribution < -0.4 is 0 Å². The lowest BCUT2D eigenvalue weighted by atomic mass is 9.58. The minimum absolute atomic E-state index is 0.0800. The second-order valence-electron chi connectivity index (χ2n) is 8.22. The second kappa shape index (κ2) is 6.34. The summed E-state index contributed by atoms with van der Waals surface area (Å²) < 4.78 is 16.0. The Bertz CT molecular complexity index is 601. The van der Waals surface area contributed by atoms with Crippen molar-refractivity contribution in [1.82, 2.24) is 0 Å². The van der Waals surface area contributed by atoms with Crippen LogP contribution in [0, 0.1) is 29.1 Å². The Morgan fingerprint density at radius 3 is 2.54 bits per heavy atom. The maximum atomic E-state index is 7.90. The molecule has 1 N–H and O–H groups in total. The van der Waals surface area contributed by atoms with Crippen LogP contribution in [0.15, 0.2) is 0 Å². The fourth-order valence-corrected chi connectivity index (χ4v) is 5.32. The Labute approximate surface area is 168 Å². The minimum atomic E-state index is -1.93. The van der Waals surface area contributed by atoms with Gasteiger partial charge in [-0.15, -0.1) is 0 Å². The van der Waals surface area contributed by atoms with E-state index >= 15 is 0 Å². The van der Waals surface area contributed by atoms with Gasteiger partial charge in [-0.05, 0) is 38.0 Å². The van der Waals surface area contributed by atoms with E-state index in [-0.39, 0.29) is 17.8 Å². The molecule has 148 valence electrons. The molecule has 0 aromatic carbocycles. The Morgan fingerprint density at radius 1 is 1.12 bits per heavy atom. The SMILES string of the molecule is CC1C(OC(=N)C(Cl)(Cl)Cl)O[C@@H]2O[C@@]3(C)CC[C@H]4[C@H](C)CCC1[C@@]24OO3. The first-order chi connectivity index (χ1) is 12.1. The lowest BCUT2D eigenvalue weighted by Gasteiger charge is -2.60. The molecule has 5 fully saturated rings. The Hall–Kier alpha value is 0.180. The van der Waals surface area contributed by atoms with Gasteiger partial charge in [-0.1, -0.05) is 48.7 Å². The molecule has 4 saturated heterocycles. The van der Waals surface area contributed by atoms with Gasteiger partial charge in [0.15, 0.2) is 11.9 Å². The van der Waals surface area contributed by atoms with E-state index in [0.29, 0.717) is 5.92 Å². The first-order valence-electron chi connectivity index (χ1n) is 9.09. The fraction of sp³-hybridized carbons (Fsp3) is 0.941. The van der Waals surface area contributed by atoms with Gasteiger partial charge >= 0.3 is 0 Å². The zero-order chi connectivity index (χ0) is 18.9. The zero-order valence-electron chi connectivity index (χ0n) is 15.0. The highest BCUT2D eigenvalue weighted by Crippen LogP contribution is 2.60. The molecule has 4 heterocycles. The smallest absolute Gasteiger partial charge is 0.265 e. The molecule has 6 nitrogen and oxygen atoms in total. The third-order valence-electron chi connectivity index (χ3n) is 6.59. The van der Waals surface area contributed by atoms with Gasteiger partial charge in [0.05, 0.1) is 0 Å². The predicted molar refractivity (Wildman–Crippen MR) is 95.9 cm³/mol. The average molecular weight is 429 g/mol. The van der Waals surface area contributed by atoms with Gasteiger partial charge in [-0.2, -0.15) is 0 Å². The molecule has 0 aromatic rings. The van der Waals surface area contributed by atoms with Crippen molar-refractivity contribution in [2.75, 3.05) is 0 Å². The van der Waals surface area contributed by atoms with Crippen LogP contribution in [0.1, 0.15) is 46.5 Å². The van der Waals surface area contributed by atoms with E-state index in [1.54, 1.807) is 0 Å². The quantitative estimate of drug-likeness (QED) is 0.287. The molecule has 1 aliphatic carbocycles. The lowest BCUT2D eigenvalue weighted by molar-refractivity contribution is -0.576. The summed E-state index contributed by atoms with van der Waals surface area (Å²) in [5.74, 6) is -0.549. The maximum absolute atomic E-state index is 7.90. The van der Waals surface area contributed by atoms with Crippen LogP contribution >= 0.6 is 34.8 Å². The molecule has 26 heavy (non-hydrogen) atoms. The lowest BCUT2D eigenvalue weighted by Crippen LogP contribution is -2.70. The third-order valence-corrected chi connectivity index (χ3v) is 7.10. The molecule has 0 radical (unpaired) electrons. The van der Waals surface area contributed by atoms with Crippen molar-refractivity contribution in [1.29, 1.82) is 5.41 Å². The van der Waals surface area contributed by atoms with E-state index in [1.807, 2.05) is 13.8 Å². The molecule has 8 atom stereocenters. The van der Waals surface area contributed by atoms with Crippen LogP contribution in [-0.2, 0) is 24.0 Å². The maximum Gasteiger partial charge on any atom is 0.265 e. The monoisotopic (exact) mass is 427 g/mol. The number of hydrogen-bond donors (Lipinski definition) is 1. The molecular formula is C17H24Cl3NO5. The number of ether oxygens (including phenoxy) is 3. The number of alkyl halides is 3. The van der Waals surface area contributed by atoms with Crippen LogP contribution in [0.4, 0.5) is 0 Å². The van der Waals surface area contributed by atoms with E-state index < -0.39 is 33.7 Å². The van der Waals surface area contributed by atoms with Crippen molar-refractivity contribution >= 4 is 40.7 Å². The molecule has 0 aromatic heterocycles. The van der Waals surface area contributed by atoms with Crippen LogP contribution in [0.5, 0.6) is 0 Å². The van der Waals surface area contributed by atoms with Crippen LogP contribution in [-0.4, -0.2) is 33.7 Å². The number of fused-ring (bicyclic) bond motifs is 2. The molecule has 0 amide bonds. The summed E-state index contributed by atoms with van der Waals surface area (Å²) >= 11 is 17.3. The summed E-state index contributed by atoms with van der Waals surface area (Å²) in [6.45, 7) is 6.13. The van der Waals surface area contributed by atoms with Gasteiger partial charge in [0.1, 0.15) is 0 Å². The molecule has 1 saturated carbocycles. The first-order valence-corrected chi connectivity index (χ1v) is 10.2. The van der Waals surface area contributed by atoms with Gasteiger partial charge in [-0.3, -0.25) is 5.41 Å². The van der Waals surface area contributed by atoms with Crippen molar-refractivity contribution in [2.45, 2.75) is 74.2 Å². The summed E-state index contributed by atoms with van der Waals surface area (Å²) in [4.78, 5) is 11.8. The average Bonchev–Trinajstić information content (AvgIpc) is 2.77. The van der Waals surface area contributed by atoms with E-state index in [9.17, 15) is 0 Å². The number of halogens is 3. The minimum Gasteiger partial charge on any atom is -0.448 e. The molecule has 9 heteroatoms. The van der Waals surface area contributed by atoms with Crippen LogP contribution in [0.3, 0.4) is 0 Å². The standard InChI is InChI=1S/C17H24Cl3NO5/c1-8-4-5-11-9(2)12(22-13(21)17(18,19)20)23-14-16(11)10(8)6-7-15(3,24-14)25-26-16/h8-12,14,21H,4-7H2,1-3H3/t8-,9?,10+,11?,12?,14-,15-,16-/m1/s1. The Morgan fingerprint density at radius 2 is 1.85 bits per heavy atom. The molecule has 5 rings (SSSR count). The van der Waals surface area contributed by atoms with Crippen molar-refractivity contribution in [3.05, 3.63) is 0 Å². The summed E-state index contributed by atoms with van der Waals surface area (Å²) in [6.07, 6.45) is 2.31. The summed E-state index contributed by atoms with van der Waals surface area (Å²) in [6, 6.07) is 0. The van der Waals surface area contributed by atoms with E-state index in [1.165, 1.54) is 0 Å². The molecule has 1 spiro atoms. The highest BCUT2D eigenvalue weighted by Gasteiger charge is 2.69. The van der Waals surface area contributed by atoms with Gasteiger partial charge in [0, 0.05) is 18.3 Å². The third kappa shape index (κ3) is 2.88. The molecule has 5 aliphatic rings. The molecule has 4 aliphatic heterocycles. The number of hydrogen-bond acceptors (Lipinski definition) is 6. The van der Waals surface area contributed by atoms with Gasteiger partial charge in [0.25, 0.3) is 3.79 Å². The fourth-order valence-electron chi connectivity index (χ4n) is 5.19. The summed E-state index contributed by atoms with van der Waals surface area (Å²) in [5, 5.41) is 7.90. The van der Waals surface area contributed by atoms with Crippen LogP contribution in [0.25, 0.3) is 0 Å². The molecule has 3 unspecified atom stereocenters. The predicted octanol–water partition coefficient (Wildman–Crippen LogP) is 4.56. The summed E-state index contributed by atoms with van der Waals surface area (Å²) in [7, 11) is 0. The molecular weight excluding hydrogens is 405 g/mol. The van der Waals surface area contributed by atoms with Crippen molar-refractivity contribution in [3.63, 3.8) is 0 Å². The van der Waals surface area contributed by atoms with Gasteiger partial charge in [0.2, 0.25) is 18.0 Å². The second-order valence-corrected chi connectivity index (χ2v) is 10.5. The van der Waals surface area contributed by atoms with Gasteiger partial charge in [-0.25, -0.2) is 9.78 Å². The van der Waals surface area contributed by atoms with Crippen molar-refractivity contribution < 1.29 is 24.0 Å². The zero-order valence-corrected chi connectivity index (χ0v) is 17.2. The topological polar surface area (TPSA) is 70.0 Å².